The van der Waals surface area contributed by atoms with Crippen molar-refractivity contribution < 1.29 is 24.0 Å². The van der Waals surface area contributed by atoms with Gasteiger partial charge in [-0.2, -0.15) is 0 Å². The molecule has 0 radical (unpaired) electrons. The summed E-state index contributed by atoms with van der Waals surface area (Å²) in [7, 11) is 1.53. The van der Waals surface area contributed by atoms with E-state index in [9.17, 15) is 19.7 Å². The largest absolute Gasteiger partial charge is 0.452 e. The number of nitrogens with one attached hydrogen (secondary N) is 2. The predicted octanol–water partition coefficient (Wildman–Crippen LogP) is 3.84. The average molecular weight is 451 g/mol. The van der Waals surface area contributed by atoms with Gasteiger partial charge in [0, 0.05) is 31.5 Å². The molecule has 0 spiro atoms. The van der Waals surface area contributed by atoms with Crippen molar-refractivity contribution in [1.29, 1.82) is 0 Å². The van der Waals surface area contributed by atoms with Gasteiger partial charge in [0.1, 0.15) is 0 Å². The Morgan fingerprint density at radius 3 is 2.61 bits per heavy atom. The van der Waals surface area contributed by atoms with E-state index in [-0.39, 0.29) is 17.3 Å². The molecule has 0 aliphatic carbocycles. The van der Waals surface area contributed by atoms with E-state index >= 15 is 0 Å². The van der Waals surface area contributed by atoms with Crippen molar-refractivity contribution in [3.8, 4) is 0 Å². The first-order valence-corrected chi connectivity index (χ1v) is 10.4. The molecule has 0 saturated carbocycles. The van der Waals surface area contributed by atoms with Crippen molar-refractivity contribution in [2.75, 3.05) is 32.2 Å². The molecule has 3 aromatic carbocycles. The summed E-state index contributed by atoms with van der Waals surface area (Å²) in [4.78, 5) is 35.6. The van der Waals surface area contributed by atoms with Gasteiger partial charge in [0.2, 0.25) is 0 Å². The highest BCUT2D eigenvalue weighted by Gasteiger charge is 2.20. The van der Waals surface area contributed by atoms with Crippen molar-refractivity contribution >= 4 is 34.0 Å². The molecule has 3 aromatic rings. The van der Waals surface area contributed by atoms with Gasteiger partial charge in [0.15, 0.2) is 6.61 Å². The first-order valence-electron chi connectivity index (χ1n) is 10.4. The van der Waals surface area contributed by atoms with E-state index in [0.717, 1.165) is 22.4 Å². The van der Waals surface area contributed by atoms with Crippen LogP contribution in [0.3, 0.4) is 0 Å². The number of ether oxygens (including phenoxy) is 2. The molecular formula is C24H25N3O6. The van der Waals surface area contributed by atoms with Crippen LogP contribution in [-0.2, 0) is 14.3 Å². The zero-order valence-corrected chi connectivity index (χ0v) is 18.4. The fraction of sp³-hybridized carbons (Fsp3) is 0.250. The number of carbonyl (C=O) groups excluding carboxylic acids is 2. The van der Waals surface area contributed by atoms with Crippen LogP contribution < -0.4 is 10.6 Å². The third kappa shape index (κ3) is 6.05. The minimum Gasteiger partial charge on any atom is -0.452 e. The first-order chi connectivity index (χ1) is 15.9. The number of methoxy groups -OCH3 is 1. The highest BCUT2D eigenvalue weighted by atomic mass is 16.6. The van der Waals surface area contributed by atoms with Gasteiger partial charge in [0.05, 0.1) is 23.1 Å². The minimum atomic E-state index is -0.841. The number of esters is 1. The lowest BCUT2D eigenvalue weighted by atomic mass is 10.00. The second kappa shape index (κ2) is 11.1. The number of nitro groups is 1. The summed E-state index contributed by atoms with van der Waals surface area (Å²) in [6.45, 7) is 2.09. The Balaban J connectivity index is 1.66. The van der Waals surface area contributed by atoms with Crippen molar-refractivity contribution in [2.45, 2.75) is 13.0 Å². The number of fused-ring (bicyclic) bond motifs is 1. The molecule has 9 nitrogen and oxygen atoms in total. The number of non-ortho nitro benzene ring substituents is 1. The lowest BCUT2D eigenvalue weighted by Gasteiger charge is -2.17. The second-order valence-corrected chi connectivity index (χ2v) is 7.34. The van der Waals surface area contributed by atoms with E-state index in [1.807, 2.05) is 49.4 Å². The molecule has 0 heterocycles. The molecule has 172 valence electrons. The molecule has 33 heavy (non-hydrogen) atoms. The normalized spacial score (nSPS) is 11.6. The van der Waals surface area contributed by atoms with Crippen LogP contribution in [0.1, 0.15) is 28.9 Å². The zero-order valence-electron chi connectivity index (χ0n) is 18.4. The third-order valence-electron chi connectivity index (χ3n) is 5.06. The zero-order chi connectivity index (χ0) is 23.8. The van der Waals surface area contributed by atoms with Crippen LogP contribution in [0, 0.1) is 10.1 Å². The summed E-state index contributed by atoms with van der Waals surface area (Å²) < 4.78 is 10.1. The van der Waals surface area contributed by atoms with Crippen LogP contribution >= 0.6 is 0 Å². The maximum atomic E-state index is 12.6. The van der Waals surface area contributed by atoms with Gasteiger partial charge in [-0.1, -0.05) is 42.5 Å². The Labute approximate surface area is 190 Å². The fourth-order valence-electron chi connectivity index (χ4n) is 3.45. The predicted molar refractivity (Wildman–Crippen MR) is 124 cm³/mol. The number of amides is 1. The molecule has 0 fully saturated rings. The van der Waals surface area contributed by atoms with E-state index in [4.69, 9.17) is 9.47 Å². The number of nitro benzene ring substituents is 1. The van der Waals surface area contributed by atoms with Crippen molar-refractivity contribution in [3.05, 3.63) is 81.9 Å². The molecule has 3 rings (SSSR count). The van der Waals surface area contributed by atoms with Crippen molar-refractivity contribution in [2.24, 2.45) is 0 Å². The SMILES string of the molecule is COCCNc1ccc([N+](=O)[O-])cc1C(=O)OCC(=O)NC(C)c1cccc2ccccc12. The van der Waals surface area contributed by atoms with Crippen LogP contribution in [0.15, 0.2) is 60.7 Å². The van der Waals surface area contributed by atoms with Crippen LogP contribution in [-0.4, -0.2) is 43.7 Å². The number of hydrogen-bond acceptors (Lipinski definition) is 7. The van der Waals surface area contributed by atoms with E-state index < -0.39 is 23.4 Å². The maximum Gasteiger partial charge on any atom is 0.341 e. The molecular weight excluding hydrogens is 426 g/mol. The van der Waals surface area contributed by atoms with Crippen LogP contribution in [0.4, 0.5) is 11.4 Å². The molecule has 2 N–H and O–H groups in total. The molecule has 1 amide bonds. The monoisotopic (exact) mass is 451 g/mol. The van der Waals surface area contributed by atoms with Gasteiger partial charge in [-0.15, -0.1) is 0 Å². The maximum absolute atomic E-state index is 12.6. The molecule has 1 atom stereocenters. The molecule has 1 unspecified atom stereocenters. The van der Waals surface area contributed by atoms with E-state index in [2.05, 4.69) is 10.6 Å². The van der Waals surface area contributed by atoms with E-state index in [1.54, 1.807) is 0 Å². The van der Waals surface area contributed by atoms with E-state index in [1.165, 1.54) is 19.2 Å². The lowest BCUT2D eigenvalue weighted by Crippen LogP contribution is -2.31. The summed E-state index contributed by atoms with van der Waals surface area (Å²) in [5.74, 6) is -1.32. The van der Waals surface area contributed by atoms with Crippen LogP contribution in [0.5, 0.6) is 0 Å². The number of hydrogen-bond donors (Lipinski definition) is 2. The Bertz CT molecular complexity index is 1160. The molecule has 0 aromatic heterocycles. The molecule has 0 bridgehead atoms. The lowest BCUT2D eigenvalue weighted by molar-refractivity contribution is -0.384. The summed E-state index contributed by atoms with van der Waals surface area (Å²) in [6.07, 6.45) is 0. The number of carbonyl (C=O) groups is 2. The molecule has 0 aliphatic rings. The van der Waals surface area contributed by atoms with Crippen molar-refractivity contribution in [1.82, 2.24) is 5.32 Å². The molecule has 0 aliphatic heterocycles. The van der Waals surface area contributed by atoms with Crippen LogP contribution in [0.2, 0.25) is 0 Å². The first kappa shape index (κ1) is 23.7. The number of benzene rings is 3. The topological polar surface area (TPSA) is 120 Å². The fourth-order valence-corrected chi connectivity index (χ4v) is 3.45. The van der Waals surface area contributed by atoms with Crippen LogP contribution in [0.25, 0.3) is 10.8 Å². The molecule has 9 heteroatoms. The Hall–Kier alpha value is -3.98. The number of nitrogens with zero attached hydrogens (tertiary/aromatic N) is 1. The highest BCUT2D eigenvalue weighted by molar-refractivity contribution is 5.97. The Morgan fingerprint density at radius 1 is 1.09 bits per heavy atom. The second-order valence-electron chi connectivity index (χ2n) is 7.34. The van der Waals surface area contributed by atoms with Gasteiger partial charge in [0.25, 0.3) is 11.6 Å². The average Bonchev–Trinajstić information content (AvgIpc) is 2.82. The van der Waals surface area contributed by atoms with Gasteiger partial charge in [-0.05, 0) is 29.3 Å². The van der Waals surface area contributed by atoms with Crippen molar-refractivity contribution in [3.63, 3.8) is 0 Å². The smallest absolute Gasteiger partial charge is 0.341 e. The quantitative estimate of drug-likeness (QED) is 0.208. The summed E-state index contributed by atoms with van der Waals surface area (Å²) in [6, 6.07) is 17.2. The highest BCUT2D eigenvalue weighted by Crippen LogP contribution is 2.25. The molecule has 0 saturated heterocycles. The van der Waals surface area contributed by atoms with Gasteiger partial charge in [-0.25, -0.2) is 4.79 Å². The minimum absolute atomic E-state index is 0.0322. The van der Waals surface area contributed by atoms with Gasteiger partial charge in [-0.3, -0.25) is 14.9 Å². The number of rotatable bonds is 10. The number of anilines is 1. The third-order valence-corrected chi connectivity index (χ3v) is 5.06. The standard InChI is InChI=1S/C24H25N3O6/c1-16(19-9-5-7-17-6-3-4-8-20(17)19)26-23(28)15-33-24(29)21-14-18(27(30)31)10-11-22(21)25-12-13-32-2/h3-11,14,16,25H,12-13,15H2,1-2H3,(H,26,28). The Kier molecular flexibility index (Phi) is 7.93. The van der Waals surface area contributed by atoms with Gasteiger partial charge < -0.3 is 20.1 Å². The van der Waals surface area contributed by atoms with E-state index in [0.29, 0.717) is 18.8 Å². The summed E-state index contributed by atoms with van der Waals surface area (Å²) in [5.41, 5.74) is 1.01. The summed E-state index contributed by atoms with van der Waals surface area (Å²) in [5, 5.41) is 19.0. The Morgan fingerprint density at radius 2 is 1.85 bits per heavy atom. The summed E-state index contributed by atoms with van der Waals surface area (Å²) >= 11 is 0. The van der Waals surface area contributed by atoms with Gasteiger partial charge >= 0.3 is 5.97 Å².